The zero-order chi connectivity index (χ0) is 23.0. The second-order valence-corrected chi connectivity index (χ2v) is 8.09. The van der Waals surface area contributed by atoms with Gasteiger partial charge in [-0.3, -0.25) is 19.1 Å². The molecule has 33 heavy (non-hydrogen) atoms. The van der Waals surface area contributed by atoms with Crippen LogP contribution in [0.3, 0.4) is 0 Å². The van der Waals surface area contributed by atoms with E-state index in [4.69, 9.17) is 0 Å². The molecule has 0 fully saturated rings. The van der Waals surface area contributed by atoms with Crippen LogP contribution in [-0.2, 0) is 17.8 Å². The molecule has 4 rings (SSSR count). The first kappa shape index (κ1) is 22.3. The second-order valence-electron chi connectivity index (χ2n) is 8.09. The molecule has 0 radical (unpaired) electrons. The predicted molar refractivity (Wildman–Crippen MR) is 130 cm³/mol. The number of benzene rings is 3. The van der Waals surface area contributed by atoms with Gasteiger partial charge in [0.2, 0.25) is 5.91 Å². The van der Waals surface area contributed by atoms with Crippen LogP contribution in [0.1, 0.15) is 36.4 Å². The van der Waals surface area contributed by atoms with Gasteiger partial charge < -0.3 is 5.32 Å². The van der Waals surface area contributed by atoms with Crippen molar-refractivity contribution >= 4 is 16.8 Å². The molecule has 3 aromatic carbocycles. The topological polar surface area (TPSA) is 84.0 Å². The van der Waals surface area contributed by atoms with Crippen LogP contribution in [-0.4, -0.2) is 15.5 Å². The molecule has 0 spiro atoms. The maximum absolute atomic E-state index is 12.8. The van der Waals surface area contributed by atoms with Gasteiger partial charge in [-0.15, -0.1) is 0 Å². The van der Waals surface area contributed by atoms with Crippen LogP contribution in [0.5, 0.6) is 0 Å². The van der Waals surface area contributed by atoms with Crippen molar-refractivity contribution in [1.82, 2.24) is 14.9 Å². The van der Waals surface area contributed by atoms with Crippen molar-refractivity contribution < 1.29 is 4.79 Å². The highest BCUT2D eigenvalue weighted by Gasteiger charge is 2.15. The van der Waals surface area contributed by atoms with Gasteiger partial charge >= 0.3 is 5.69 Å². The first-order chi connectivity index (χ1) is 16.1. The van der Waals surface area contributed by atoms with E-state index < -0.39 is 11.2 Å². The van der Waals surface area contributed by atoms with Crippen LogP contribution in [0.15, 0.2) is 94.5 Å². The van der Waals surface area contributed by atoms with Crippen molar-refractivity contribution in [3.63, 3.8) is 0 Å². The van der Waals surface area contributed by atoms with Gasteiger partial charge in [-0.1, -0.05) is 72.8 Å². The molecule has 6 nitrogen and oxygen atoms in total. The summed E-state index contributed by atoms with van der Waals surface area (Å²) in [5, 5.41) is 3.57. The Balaban J connectivity index is 1.43. The molecule has 2 N–H and O–H groups in total. The van der Waals surface area contributed by atoms with E-state index in [2.05, 4.69) is 22.4 Å². The van der Waals surface area contributed by atoms with Gasteiger partial charge in [0, 0.05) is 13.0 Å². The smallest absolute Gasteiger partial charge is 0.328 e. The van der Waals surface area contributed by atoms with Crippen LogP contribution >= 0.6 is 0 Å². The largest absolute Gasteiger partial charge is 0.349 e. The number of hydrogen-bond acceptors (Lipinski definition) is 3. The number of aryl methyl sites for hydroxylation is 2. The number of amides is 1. The van der Waals surface area contributed by atoms with E-state index in [1.54, 1.807) is 24.3 Å². The summed E-state index contributed by atoms with van der Waals surface area (Å²) in [5.74, 6) is -0.134. The lowest BCUT2D eigenvalue weighted by molar-refractivity contribution is -0.122. The van der Waals surface area contributed by atoms with Crippen molar-refractivity contribution in [2.24, 2.45) is 0 Å². The summed E-state index contributed by atoms with van der Waals surface area (Å²) < 4.78 is 1.45. The van der Waals surface area contributed by atoms with Crippen molar-refractivity contribution in [2.45, 2.75) is 38.3 Å². The van der Waals surface area contributed by atoms with Crippen molar-refractivity contribution in [3.8, 4) is 0 Å². The minimum atomic E-state index is -0.506. The zero-order valence-corrected chi connectivity index (χ0v) is 18.4. The lowest BCUT2D eigenvalue weighted by atomic mass is 9.99. The quantitative estimate of drug-likeness (QED) is 0.412. The lowest BCUT2D eigenvalue weighted by Crippen LogP contribution is -2.33. The minimum Gasteiger partial charge on any atom is -0.349 e. The molecule has 1 heterocycles. The number of rotatable bonds is 9. The Morgan fingerprint density at radius 2 is 1.55 bits per heavy atom. The summed E-state index contributed by atoms with van der Waals surface area (Å²) in [5.41, 5.74) is 1.94. The fraction of sp³-hybridized carbons (Fsp3) is 0.222. The number of carbonyl (C=O) groups is 1. The summed E-state index contributed by atoms with van der Waals surface area (Å²) in [7, 11) is 0. The first-order valence-electron chi connectivity index (χ1n) is 11.2. The Labute approximate surface area is 191 Å². The molecular weight excluding hydrogens is 414 g/mol. The molecule has 1 unspecified atom stereocenters. The van der Waals surface area contributed by atoms with Gasteiger partial charge in [0.15, 0.2) is 0 Å². The summed E-state index contributed by atoms with van der Waals surface area (Å²) in [6, 6.07) is 27.1. The Morgan fingerprint density at radius 3 is 2.30 bits per heavy atom. The van der Waals surface area contributed by atoms with E-state index in [0.29, 0.717) is 10.9 Å². The minimum absolute atomic E-state index is 0.105. The van der Waals surface area contributed by atoms with Crippen LogP contribution in [0.2, 0.25) is 0 Å². The van der Waals surface area contributed by atoms with Crippen molar-refractivity contribution in [2.75, 3.05) is 0 Å². The molecule has 0 aliphatic heterocycles. The number of aromatic nitrogens is 2. The summed E-state index contributed by atoms with van der Waals surface area (Å²) in [4.78, 5) is 39.6. The summed E-state index contributed by atoms with van der Waals surface area (Å²) >= 11 is 0. The molecule has 4 aromatic rings. The Kier molecular flexibility index (Phi) is 7.15. The lowest BCUT2D eigenvalue weighted by Gasteiger charge is -2.20. The van der Waals surface area contributed by atoms with Gasteiger partial charge in [0.25, 0.3) is 5.56 Å². The van der Waals surface area contributed by atoms with Gasteiger partial charge in [-0.05, 0) is 42.5 Å². The third-order valence-corrected chi connectivity index (χ3v) is 5.81. The number of fused-ring (bicyclic) bond motifs is 1. The number of H-pyrrole nitrogens is 1. The number of hydrogen-bond donors (Lipinski definition) is 2. The number of carbonyl (C=O) groups excluding carboxylic acids is 1. The Bertz CT molecular complexity index is 1330. The normalized spacial score (nSPS) is 11.9. The van der Waals surface area contributed by atoms with Gasteiger partial charge in [-0.25, -0.2) is 4.79 Å². The number of para-hydroxylation sites is 1. The molecule has 0 aliphatic rings. The van der Waals surface area contributed by atoms with E-state index >= 15 is 0 Å². The van der Waals surface area contributed by atoms with Gasteiger partial charge in [0.1, 0.15) is 0 Å². The summed E-state index contributed by atoms with van der Waals surface area (Å²) in [6.07, 6.45) is 2.83. The summed E-state index contributed by atoms with van der Waals surface area (Å²) in [6.45, 7) is 0.188. The molecular formula is C27H27N3O3. The molecule has 1 amide bonds. The maximum Gasteiger partial charge on any atom is 0.328 e. The number of nitrogens with one attached hydrogen (secondary N) is 2. The SMILES string of the molecule is O=C(CCn1c(=O)[nH]c(=O)c2ccccc21)NC(CCCc1ccccc1)c1ccccc1. The molecule has 6 heteroatoms. The third kappa shape index (κ3) is 5.66. The Hall–Kier alpha value is -3.93. The first-order valence-corrected chi connectivity index (χ1v) is 11.2. The highest BCUT2D eigenvalue weighted by Crippen LogP contribution is 2.20. The Morgan fingerprint density at radius 1 is 0.879 bits per heavy atom. The van der Waals surface area contributed by atoms with Crippen LogP contribution < -0.4 is 16.6 Å². The average Bonchev–Trinajstić information content (AvgIpc) is 2.84. The molecule has 1 atom stereocenters. The van der Waals surface area contributed by atoms with E-state index in [0.717, 1.165) is 24.8 Å². The third-order valence-electron chi connectivity index (χ3n) is 5.81. The molecule has 0 bridgehead atoms. The average molecular weight is 442 g/mol. The van der Waals surface area contributed by atoms with E-state index in [9.17, 15) is 14.4 Å². The van der Waals surface area contributed by atoms with E-state index in [-0.39, 0.29) is 24.9 Å². The number of nitrogens with zero attached hydrogens (tertiary/aromatic N) is 1. The molecule has 0 saturated heterocycles. The zero-order valence-electron chi connectivity index (χ0n) is 18.4. The van der Waals surface area contributed by atoms with Crippen LogP contribution in [0.4, 0.5) is 0 Å². The molecule has 1 aromatic heterocycles. The molecule has 0 aliphatic carbocycles. The standard InChI is InChI=1S/C27H27N3O3/c31-25(18-19-30-24-17-8-7-15-22(24)26(32)29-27(30)33)28-23(21-13-5-2-6-14-21)16-9-12-20-10-3-1-4-11-20/h1-8,10-11,13-15,17,23H,9,12,16,18-19H2,(H,28,31)(H,29,32,33). The monoisotopic (exact) mass is 441 g/mol. The van der Waals surface area contributed by atoms with E-state index in [1.165, 1.54) is 10.1 Å². The fourth-order valence-electron chi connectivity index (χ4n) is 4.11. The maximum atomic E-state index is 12.8. The van der Waals surface area contributed by atoms with Crippen molar-refractivity contribution in [3.05, 3.63) is 117 Å². The van der Waals surface area contributed by atoms with Crippen molar-refractivity contribution in [1.29, 1.82) is 0 Å². The second kappa shape index (κ2) is 10.6. The van der Waals surface area contributed by atoms with Crippen LogP contribution in [0, 0.1) is 0 Å². The predicted octanol–water partition coefficient (Wildman–Crippen LogP) is 3.96. The highest BCUT2D eigenvalue weighted by molar-refractivity contribution is 5.79. The molecule has 168 valence electrons. The highest BCUT2D eigenvalue weighted by atomic mass is 16.2. The van der Waals surface area contributed by atoms with Gasteiger partial charge in [0.05, 0.1) is 16.9 Å². The number of aromatic amines is 1. The van der Waals surface area contributed by atoms with Gasteiger partial charge in [-0.2, -0.15) is 0 Å². The van der Waals surface area contributed by atoms with Crippen LogP contribution in [0.25, 0.3) is 10.9 Å². The fourth-order valence-corrected chi connectivity index (χ4v) is 4.11. The molecule has 0 saturated carbocycles. The van der Waals surface area contributed by atoms with E-state index in [1.807, 2.05) is 48.5 Å².